The summed E-state index contributed by atoms with van der Waals surface area (Å²) in [6, 6.07) is 19.0. The zero-order valence-electron chi connectivity index (χ0n) is 20.4. The molecule has 3 aromatic carbocycles. The standard InChI is InChI=1S/C29H29ClN2O3/c1-5-23-9-7-8-10-26(23)32-29(33)24(17-31)14-22-15-25(30)28(27(16-22)34-6-2)35-18-21-12-11-19(3)20(4)13-21/h7-16H,5-6,18H2,1-4H3,(H,32,33)/b24-14+. The number of aryl methyl sites for hydroxylation is 3. The number of nitriles is 1. The Balaban J connectivity index is 1.86. The van der Waals surface area contributed by atoms with Crippen LogP contribution in [0.4, 0.5) is 5.69 Å². The number of hydrogen-bond acceptors (Lipinski definition) is 4. The van der Waals surface area contributed by atoms with Gasteiger partial charge in [-0.25, -0.2) is 0 Å². The van der Waals surface area contributed by atoms with Crippen molar-refractivity contribution in [2.75, 3.05) is 11.9 Å². The van der Waals surface area contributed by atoms with Gasteiger partial charge >= 0.3 is 0 Å². The van der Waals surface area contributed by atoms with Crippen LogP contribution >= 0.6 is 11.6 Å². The Morgan fingerprint density at radius 1 is 1.06 bits per heavy atom. The van der Waals surface area contributed by atoms with E-state index in [1.807, 2.05) is 50.2 Å². The Hall–Kier alpha value is -3.75. The summed E-state index contributed by atoms with van der Waals surface area (Å²) < 4.78 is 11.8. The van der Waals surface area contributed by atoms with Crippen LogP contribution < -0.4 is 14.8 Å². The Labute approximate surface area is 212 Å². The van der Waals surface area contributed by atoms with Gasteiger partial charge in [-0.05, 0) is 79.3 Å². The summed E-state index contributed by atoms with van der Waals surface area (Å²) in [7, 11) is 0. The lowest BCUT2D eigenvalue weighted by atomic mass is 10.1. The average molecular weight is 489 g/mol. The highest BCUT2D eigenvalue weighted by molar-refractivity contribution is 6.32. The highest BCUT2D eigenvalue weighted by atomic mass is 35.5. The molecular weight excluding hydrogens is 460 g/mol. The van der Waals surface area contributed by atoms with Crippen LogP contribution in [0.1, 0.15) is 41.7 Å². The van der Waals surface area contributed by atoms with E-state index in [2.05, 4.69) is 31.3 Å². The maximum absolute atomic E-state index is 12.8. The smallest absolute Gasteiger partial charge is 0.266 e. The van der Waals surface area contributed by atoms with Crippen molar-refractivity contribution in [3.8, 4) is 17.6 Å². The summed E-state index contributed by atoms with van der Waals surface area (Å²) in [6.45, 7) is 8.73. The van der Waals surface area contributed by atoms with Crippen LogP contribution in [0.25, 0.3) is 6.08 Å². The van der Waals surface area contributed by atoms with Crippen molar-refractivity contribution in [3.63, 3.8) is 0 Å². The molecule has 0 aliphatic rings. The number of anilines is 1. The highest BCUT2D eigenvalue weighted by Crippen LogP contribution is 2.38. The van der Waals surface area contributed by atoms with E-state index in [1.54, 1.807) is 12.1 Å². The van der Waals surface area contributed by atoms with Gasteiger partial charge in [0.05, 0.1) is 11.6 Å². The number of carbonyl (C=O) groups is 1. The van der Waals surface area contributed by atoms with Gasteiger partial charge in [0.2, 0.25) is 0 Å². The topological polar surface area (TPSA) is 71.3 Å². The molecule has 0 atom stereocenters. The molecule has 3 aromatic rings. The number of carbonyl (C=O) groups excluding carboxylic acids is 1. The van der Waals surface area contributed by atoms with Crippen molar-refractivity contribution >= 4 is 29.3 Å². The summed E-state index contributed by atoms with van der Waals surface area (Å²) in [4.78, 5) is 12.8. The molecule has 3 rings (SSSR count). The molecule has 0 saturated heterocycles. The molecule has 0 spiro atoms. The SMILES string of the molecule is CCOc1cc(/C=C(\C#N)C(=O)Nc2ccccc2CC)cc(Cl)c1OCc1ccc(C)c(C)c1. The molecule has 5 nitrogen and oxygen atoms in total. The Morgan fingerprint density at radius 3 is 2.51 bits per heavy atom. The molecule has 0 unspecified atom stereocenters. The fourth-order valence-corrected chi connectivity index (χ4v) is 3.85. The minimum atomic E-state index is -0.488. The van der Waals surface area contributed by atoms with Crippen LogP contribution in [0.3, 0.4) is 0 Å². The van der Waals surface area contributed by atoms with Crippen molar-refractivity contribution < 1.29 is 14.3 Å². The highest BCUT2D eigenvalue weighted by Gasteiger charge is 2.16. The lowest BCUT2D eigenvalue weighted by Gasteiger charge is -2.15. The number of ether oxygens (including phenoxy) is 2. The fourth-order valence-electron chi connectivity index (χ4n) is 3.58. The number of nitrogens with one attached hydrogen (secondary N) is 1. The molecule has 180 valence electrons. The number of nitrogens with zero attached hydrogens (tertiary/aromatic N) is 1. The number of halogens is 1. The number of benzene rings is 3. The average Bonchev–Trinajstić information content (AvgIpc) is 2.84. The molecule has 1 amide bonds. The lowest BCUT2D eigenvalue weighted by Crippen LogP contribution is -2.14. The summed E-state index contributed by atoms with van der Waals surface area (Å²) in [6.07, 6.45) is 2.25. The van der Waals surface area contributed by atoms with Crippen molar-refractivity contribution in [2.45, 2.75) is 40.7 Å². The Bertz CT molecular complexity index is 1290. The van der Waals surface area contributed by atoms with Gasteiger partial charge in [-0.1, -0.05) is 54.9 Å². The summed E-state index contributed by atoms with van der Waals surface area (Å²) in [5.74, 6) is 0.380. The molecule has 0 aliphatic carbocycles. The molecule has 0 heterocycles. The van der Waals surface area contributed by atoms with E-state index in [9.17, 15) is 10.1 Å². The van der Waals surface area contributed by atoms with E-state index < -0.39 is 5.91 Å². The van der Waals surface area contributed by atoms with Crippen LogP contribution in [-0.2, 0) is 17.8 Å². The lowest BCUT2D eigenvalue weighted by molar-refractivity contribution is -0.112. The van der Waals surface area contributed by atoms with E-state index in [4.69, 9.17) is 21.1 Å². The van der Waals surface area contributed by atoms with Gasteiger partial charge in [-0.15, -0.1) is 0 Å². The number of para-hydroxylation sites is 1. The van der Waals surface area contributed by atoms with Crippen molar-refractivity contribution in [1.29, 1.82) is 5.26 Å². The van der Waals surface area contributed by atoms with Gasteiger partial charge in [0.1, 0.15) is 18.2 Å². The summed E-state index contributed by atoms with van der Waals surface area (Å²) >= 11 is 6.55. The van der Waals surface area contributed by atoms with Gasteiger partial charge in [-0.2, -0.15) is 5.26 Å². The fraction of sp³-hybridized carbons (Fsp3) is 0.241. The summed E-state index contributed by atoms with van der Waals surface area (Å²) in [5.41, 5.74) is 5.62. The number of hydrogen-bond donors (Lipinski definition) is 1. The van der Waals surface area contributed by atoms with Gasteiger partial charge in [-0.3, -0.25) is 4.79 Å². The van der Waals surface area contributed by atoms with E-state index in [-0.39, 0.29) is 5.57 Å². The number of amides is 1. The first-order chi connectivity index (χ1) is 16.9. The molecule has 0 aromatic heterocycles. The van der Waals surface area contributed by atoms with Crippen molar-refractivity contribution in [2.24, 2.45) is 0 Å². The monoisotopic (exact) mass is 488 g/mol. The van der Waals surface area contributed by atoms with Gasteiger partial charge < -0.3 is 14.8 Å². The van der Waals surface area contributed by atoms with E-state index >= 15 is 0 Å². The van der Waals surface area contributed by atoms with E-state index in [1.165, 1.54) is 17.2 Å². The van der Waals surface area contributed by atoms with E-state index in [0.29, 0.717) is 41.0 Å². The predicted molar refractivity (Wildman–Crippen MR) is 141 cm³/mol. The van der Waals surface area contributed by atoms with E-state index in [0.717, 1.165) is 17.5 Å². The molecular formula is C29H29ClN2O3. The molecule has 1 N–H and O–H groups in total. The second-order valence-electron chi connectivity index (χ2n) is 8.10. The third kappa shape index (κ3) is 6.65. The Morgan fingerprint density at radius 2 is 1.83 bits per heavy atom. The van der Waals surface area contributed by atoms with Crippen LogP contribution in [0.15, 0.2) is 60.2 Å². The van der Waals surface area contributed by atoms with Crippen LogP contribution in [0.5, 0.6) is 11.5 Å². The van der Waals surface area contributed by atoms with Crippen LogP contribution in [0.2, 0.25) is 5.02 Å². The third-order valence-corrected chi connectivity index (χ3v) is 5.89. The zero-order valence-corrected chi connectivity index (χ0v) is 21.2. The largest absolute Gasteiger partial charge is 0.490 e. The molecule has 35 heavy (non-hydrogen) atoms. The second-order valence-corrected chi connectivity index (χ2v) is 8.51. The predicted octanol–water partition coefficient (Wildman–Crippen LogP) is 7.04. The van der Waals surface area contributed by atoms with Crippen molar-refractivity contribution in [1.82, 2.24) is 0 Å². The maximum Gasteiger partial charge on any atom is 0.266 e. The second kappa shape index (κ2) is 12.1. The molecule has 6 heteroatoms. The summed E-state index contributed by atoms with van der Waals surface area (Å²) in [5, 5.41) is 12.8. The Kier molecular flexibility index (Phi) is 8.94. The molecule has 0 bridgehead atoms. The van der Waals surface area contributed by atoms with Gasteiger partial charge in [0.15, 0.2) is 11.5 Å². The molecule has 0 fully saturated rings. The van der Waals surface area contributed by atoms with Gasteiger partial charge in [0, 0.05) is 5.69 Å². The number of rotatable bonds is 9. The minimum Gasteiger partial charge on any atom is -0.490 e. The third-order valence-electron chi connectivity index (χ3n) is 5.61. The first kappa shape index (κ1) is 25.9. The molecule has 0 aliphatic heterocycles. The van der Waals surface area contributed by atoms with Crippen LogP contribution in [-0.4, -0.2) is 12.5 Å². The van der Waals surface area contributed by atoms with Crippen molar-refractivity contribution in [3.05, 3.63) is 93.0 Å². The first-order valence-electron chi connectivity index (χ1n) is 11.5. The zero-order chi connectivity index (χ0) is 25.4. The molecule has 0 radical (unpaired) electrons. The van der Waals surface area contributed by atoms with Crippen LogP contribution in [0, 0.1) is 25.2 Å². The first-order valence-corrected chi connectivity index (χ1v) is 11.9. The normalized spacial score (nSPS) is 11.0. The van der Waals surface area contributed by atoms with Gasteiger partial charge in [0.25, 0.3) is 5.91 Å². The molecule has 0 saturated carbocycles. The maximum atomic E-state index is 12.8. The minimum absolute atomic E-state index is 0.0433. The quantitative estimate of drug-likeness (QED) is 0.259.